The lowest BCUT2D eigenvalue weighted by molar-refractivity contribution is 0.0951. The minimum absolute atomic E-state index is 0.102. The average molecular weight is 365 g/mol. The zero-order valence-corrected chi connectivity index (χ0v) is 15.3. The van der Waals surface area contributed by atoms with Crippen LogP contribution in [0.25, 0.3) is 0 Å². The van der Waals surface area contributed by atoms with Gasteiger partial charge in [-0.3, -0.25) is 4.79 Å². The Morgan fingerprint density at radius 2 is 1.96 bits per heavy atom. The molecule has 3 rings (SSSR count). The third-order valence-corrected chi connectivity index (χ3v) is 4.05. The van der Waals surface area contributed by atoms with E-state index in [0.29, 0.717) is 25.3 Å². The van der Waals surface area contributed by atoms with E-state index in [1.165, 1.54) is 0 Å². The van der Waals surface area contributed by atoms with Gasteiger partial charge in [0.2, 0.25) is 0 Å². The fourth-order valence-electron chi connectivity index (χ4n) is 2.63. The van der Waals surface area contributed by atoms with Crippen LogP contribution < -0.4 is 10.1 Å². The lowest BCUT2D eigenvalue weighted by Gasteiger charge is -2.09. The first kappa shape index (κ1) is 18.7. The number of nitrogens with one attached hydrogen (secondary N) is 1. The molecule has 0 radical (unpaired) electrons. The Bertz CT molecular complexity index is 845. The van der Waals surface area contributed by atoms with Gasteiger partial charge in [0.25, 0.3) is 5.91 Å². The van der Waals surface area contributed by atoms with E-state index in [9.17, 15) is 4.79 Å². The molecule has 0 aliphatic carbocycles. The molecule has 140 valence electrons. The van der Waals surface area contributed by atoms with Crippen LogP contribution in [0.1, 0.15) is 21.5 Å². The van der Waals surface area contributed by atoms with E-state index >= 15 is 0 Å². The predicted molar refractivity (Wildman–Crippen MR) is 103 cm³/mol. The molecule has 1 aromatic heterocycles. The minimum Gasteiger partial charge on any atom is -0.491 e. The maximum atomic E-state index is 12.4. The second-order valence-electron chi connectivity index (χ2n) is 6.10. The molecule has 3 aromatic rings. The number of ether oxygens (including phenoxy) is 2. The SMILES string of the molecule is COCCOc1cccc(CNC(=O)c2ccc(Cn3ccnc3)cc2)c1. The fraction of sp³-hybridized carbons (Fsp3) is 0.238. The number of methoxy groups -OCH3 is 1. The molecule has 0 atom stereocenters. The molecule has 0 saturated carbocycles. The Balaban J connectivity index is 1.52. The van der Waals surface area contributed by atoms with Crippen molar-refractivity contribution in [1.82, 2.24) is 14.9 Å². The Morgan fingerprint density at radius 3 is 2.70 bits per heavy atom. The van der Waals surface area contributed by atoms with Crippen molar-refractivity contribution >= 4 is 5.91 Å². The number of carbonyl (C=O) groups is 1. The molecule has 0 fully saturated rings. The molecule has 6 heteroatoms. The van der Waals surface area contributed by atoms with E-state index in [1.54, 1.807) is 19.6 Å². The van der Waals surface area contributed by atoms with Gasteiger partial charge in [-0.1, -0.05) is 24.3 Å². The number of aromatic nitrogens is 2. The van der Waals surface area contributed by atoms with Crippen molar-refractivity contribution in [3.63, 3.8) is 0 Å². The molecule has 0 aliphatic heterocycles. The maximum absolute atomic E-state index is 12.4. The van der Waals surface area contributed by atoms with Crippen LogP contribution in [0.15, 0.2) is 67.3 Å². The monoisotopic (exact) mass is 365 g/mol. The molecule has 0 aliphatic rings. The van der Waals surface area contributed by atoms with Crippen LogP contribution in [0.2, 0.25) is 0 Å². The largest absolute Gasteiger partial charge is 0.491 e. The minimum atomic E-state index is -0.102. The highest BCUT2D eigenvalue weighted by molar-refractivity contribution is 5.94. The summed E-state index contributed by atoms with van der Waals surface area (Å²) in [4.78, 5) is 16.4. The van der Waals surface area contributed by atoms with Crippen molar-refractivity contribution in [3.05, 3.63) is 83.9 Å². The van der Waals surface area contributed by atoms with E-state index in [2.05, 4.69) is 10.3 Å². The predicted octanol–water partition coefficient (Wildman–Crippen LogP) is 2.89. The molecule has 1 N–H and O–H groups in total. The van der Waals surface area contributed by atoms with Crippen molar-refractivity contribution in [1.29, 1.82) is 0 Å². The fourth-order valence-corrected chi connectivity index (χ4v) is 2.63. The first-order valence-electron chi connectivity index (χ1n) is 8.78. The van der Waals surface area contributed by atoms with Gasteiger partial charge in [-0.05, 0) is 35.4 Å². The van der Waals surface area contributed by atoms with Gasteiger partial charge >= 0.3 is 0 Å². The number of hydrogen-bond acceptors (Lipinski definition) is 4. The zero-order valence-electron chi connectivity index (χ0n) is 15.3. The maximum Gasteiger partial charge on any atom is 0.251 e. The third kappa shape index (κ3) is 5.69. The normalized spacial score (nSPS) is 10.6. The third-order valence-electron chi connectivity index (χ3n) is 4.05. The van der Waals surface area contributed by atoms with E-state index in [-0.39, 0.29) is 5.91 Å². The van der Waals surface area contributed by atoms with E-state index in [1.807, 2.05) is 59.3 Å². The summed E-state index contributed by atoms with van der Waals surface area (Å²) in [7, 11) is 1.64. The second-order valence-corrected chi connectivity index (χ2v) is 6.10. The van der Waals surface area contributed by atoms with Crippen LogP contribution in [0.5, 0.6) is 5.75 Å². The molecule has 0 bridgehead atoms. The number of benzene rings is 2. The smallest absolute Gasteiger partial charge is 0.251 e. The zero-order chi connectivity index (χ0) is 18.9. The molecule has 2 aromatic carbocycles. The van der Waals surface area contributed by atoms with E-state index in [0.717, 1.165) is 23.4 Å². The lowest BCUT2D eigenvalue weighted by atomic mass is 10.1. The lowest BCUT2D eigenvalue weighted by Crippen LogP contribution is -2.22. The summed E-state index contributed by atoms with van der Waals surface area (Å²) in [5.41, 5.74) is 2.73. The Hall–Kier alpha value is -3.12. The molecular weight excluding hydrogens is 342 g/mol. The van der Waals surface area contributed by atoms with Crippen LogP contribution in [-0.2, 0) is 17.8 Å². The highest BCUT2D eigenvalue weighted by Gasteiger charge is 2.06. The van der Waals surface area contributed by atoms with E-state index in [4.69, 9.17) is 9.47 Å². The first-order valence-corrected chi connectivity index (χ1v) is 8.78. The number of imidazole rings is 1. The average Bonchev–Trinajstić information content (AvgIpc) is 3.20. The summed E-state index contributed by atoms with van der Waals surface area (Å²) >= 11 is 0. The quantitative estimate of drug-likeness (QED) is 0.592. The topological polar surface area (TPSA) is 65.4 Å². The van der Waals surface area contributed by atoms with Crippen LogP contribution in [0.3, 0.4) is 0 Å². The highest BCUT2D eigenvalue weighted by atomic mass is 16.5. The Morgan fingerprint density at radius 1 is 1.11 bits per heavy atom. The van der Waals surface area contributed by atoms with Gasteiger partial charge in [-0.25, -0.2) is 4.98 Å². The van der Waals surface area contributed by atoms with Gasteiger partial charge in [0, 0.05) is 38.2 Å². The Labute approximate surface area is 158 Å². The molecule has 27 heavy (non-hydrogen) atoms. The Kier molecular flexibility index (Phi) is 6.60. The molecule has 1 heterocycles. The van der Waals surface area contributed by atoms with Gasteiger partial charge in [0.15, 0.2) is 0 Å². The summed E-state index contributed by atoms with van der Waals surface area (Å²) in [6.07, 6.45) is 5.43. The number of rotatable bonds is 9. The molecule has 6 nitrogen and oxygen atoms in total. The van der Waals surface area contributed by atoms with Crippen LogP contribution in [-0.4, -0.2) is 35.8 Å². The molecule has 1 amide bonds. The summed E-state index contributed by atoms with van der Waals surface area (Å²) in [6.45, 7) is 2.21. The van der Waals surface area contributed by atoms with Gasteiger partial charge in [-0.2, -0.15) is 0 Å². The van der Waals surface area contributed by atoms with Crippen molar-refractivity contribution in [2.75, 3.05) is 20.3 Å². The van der Waals surface area contributed by atoms with Gasteiger partial charge in [-0.15, -0.1) is 0 Å². The van der Waals surface area contributed by atoms with Crippen LogP contribution in [0, 0.1) is 0 Å². The first-order chi connectivity index (χ1) is 13.2. The summed E-state index contributed by atoms with van der Waals surface area (Å²) in [6, 6.07) is 15.3. The molecule has 0 saturated heterocycles. The van der Waals surface area contributed by atoms with Crippen molar-refractivity contribution in [3.8, 4) is 5.75 Å². The van der Waals surface area contributed by atoms with Crippen LogP contribution >= 0.6 is 0 Å². The second kappa shape index (κ2) is 9.54. The number of hydrogen-bond donors (Lipinski definition) is 1. The van der Waals surface area contributed by atoms with Gasteiger partial charge in [0.05, 0.1) is 12.9 Å². The molecule has 0 unspecified atom stereocenters. The molecule has 0 spiro atoms. The van der Waals surface area contributed by atoms with Crippen molar-refractivity contribution in [2.24, 2.45) is 0 Å². The van der Waals surface area contributed by atoms with Crippen LogP contribution in [0.4, 0.5) is 0 Å². The summed E-state index contributed by atoms with van der Waals surface area (Å²) in [5.74, 6) is 0.664. The van der Waals surface area contributed by atoms with Gasteiger partial charge < -0.3 is 19.4 Å². The highest BCUT2D eigenvalue weighted by Crippen LogP contribution is 2.13. The molecular formula is C21H23N3O3. The number of carbonyl (C=O) groups excluding carboxylic acids is 1. The van der Waals surface area contributed by atoms with E-state index < -0.39 is 0 Å². The number of nitrogens with zero attached hydrogens (tertiary/aromatic N) is 2. The number of amides is 1. The summed E-state index contributed by atoms with van der Waals surface area (Å²) in [5, 5.41) is 2.94. The van der Waals surface area contributed by atoms with Gasteiger partial charge in [0.1, 0.15) is 12.4 Å². The standard InChI is InChI=1S/C21H23N3O3/c1-26-11-12-27-20-4-2-3-18(13-20)14-23-21(25)19-7-5-17(6-8-19)15-24-10-9-22-16-24/h2-10,13,16H,11-12,14-15H2,1H3,(H,23,25). The van der Waals surface area contributed by atoms with Crippen molar-refractivity contribution < 1.29 is 14.3 Å². The van der Waals surface area contributed by atoms with Crippen molar-refractivity contribution in [2.45, 2.75) is 13.1 Å². The summed E-state index contributed by atoms with van der Waals surface area (Å²) < 4.78 is 12.5.